The van der Waals surface area contributed by atoms with Crippen molar-refractivity contribution in [3.8, 4) is 27.3 Å². The van der Waals surface area contributed by atoms with Crippen molar-refractivity contribution >= 4 is 28.9 Å². The van der Waals surface area contributed by atoms with Gasteiger partial charge in [0, 0.05) is 33.4 Å². The van der Waals surface area contributed by atoms with E-state index in [2.05, 4.69) is 0 Å². The normalized spacial score (nSPS) is 10.7. The molecule has 0 unspecified atom stereocenters. The molecule has 0 spiro atoms. The van der Waals surface area contributed by atoms with Crippen molar-refractivity contribution in [1.29, 1.82) is 0 Å². The van der Waals surface area contributed by atoms with Gasteiger partial charge in [0.2, 0.25) is 0 Å². The third-order valence-corrected chi connectivity index (χ3v) is 5.87. The van der Waals surface area contributed by atoms with Crippen LogP contribution in [-0.4, -0.2) is 5.97 Å². The van der Waals surface area contributed by atoms with Crippen molar-refractivity contribution in [1.82, 2.24) is 0 Å². The lowest BCUT2D eigenvalue weighted by Gasteiger charge is -2.14. The summed E-state index contributed by atoms with van der Waals surface area (Å²) < 4.78 is 6.13. The Kier molecular flexibility index (Phi) is 6.17. The Hall–Kier alpha value is -3.08. The molecular formula is C25H18ClO3S-. The van der Waals surface area contributed by atoms with Crippen molar-refractivity contribution in [2.45, 2.75) is 13.0 Å². The topological polar surface area (TPSA) is 49.4 Å². The number of carbonyl (C=O) groups excluding carboxylic acids is 1. The zero-order chi connectivity index (χ0) is 20.9. The van der Waals surface area contributed by atoms with Gasteiger partial charge >= 0.3 is 0 Å². The van der Waals surface area contributed by atoms with E-state index in [0.717, 1.165) is 32.9 Å². The number of ether oxygens (including phenoxy) is 1. The first-order valence-electron chi connectivity index (χ1n) is 9.43. The second-order valence-electron chi connectivity index (χ2n) is 6.83. The zero-order valence-corrected chi connectivity index (χ0v) is 17.6. The molecule has 4 aromatic rings. The Labute approximate surface area is 184 Å². The Morgan fingerprint density at radius 1 is 0.900 bits per heavy atom. The number of carboxylic acid groups (broad SMARTS) is 1. The number of rotatable bonds is 7. The maximum absolute atomic E-state index is 11.0. The molecule has 0 amide bonds. The molecule has 1 heterocycles. The lowest BCUT2D eigenvalue weighted by molar-refractivity contribution is -0.304. The minimum absolute atomic E-state index is 0.114. The van der Waals surface area contributed by atoms with Crippen LogP contribution in [0.25, 0.3) is 21.6 Å². The molecule has 3 aromatic carbocycles. The second-order valence-corrected chi connectivity index (χ2v) is 8.18. The predicted molar refractivity (Wildman–Crippen MR) is 120 cm³/mol. The summed E-state index contributed by atoms with van der Waals surface area (Å²) in [5, 5.41) is 13.6. The molecule has 5 heteroatoms. The smallest absolute Gasteiger partial charge is 0.127 e. The van der Waals surface area contributed by atoms with Crippen LogP contribution in [0.2, 0.25) is 5.02 Å². The molecular weight excluding hydrogens is 416 g/mol. The van der Waals surface area contributed by atoms with E-state index in [4.69, 9.17) is 16.3 Å². The van der Waals surface area contributed by atoms with Crippen LogP contribution >= 0.6 is 22.9 Å². The molecule has 0 aliphatic rings. The Morgan fingerprint density at radius 2 is 1.70 bits per heavy atom. The Balaban J connectivity index is 1.70. The van der Waals surface area contributed by atoms with Crippen LogP contribution < -0.4 is 9.84 Å². The van der Waals surface area contributed by atoms with Gasteiger partial charge in [0.15, 0.2) is 0 Å². The summed E-state index contributed by atoms with van der Waals surface area (Å²) in [5.74, 6) is -0.348. The van der Waals surface area contributed by atoms with Crippen LogP contribution in [0.4, 0.5) is 0 Å². The zero-order valence-electron chi connectivity index (χ0n) is 16.0. The molecule has 0 radical (unpaired) electrons. The van der Waals surface area contributed by atoms with Gasteiger partial charge in [-0.2, -0.15) is 0 Å². The van der Waals surface area contributed by atoms with Gasteiger partial charge in [-0.15, -0.1) is 11.3 Å². The van der Waals surface area contributed by atoms with Gasteiger partial charge in [0.05, 0.1) is 0 Å². The fourth-order valence-electron chi connectivity index (χ4n) is 3.31. The van der Waals surface area contributed by atoms with Crippen molar-refractivity contribution in [3.63, 3.8) is 0 Å². The molecule has 150 valence electrons. The Bertz CT molecular complexity index is 1170. The molecule has 0 bridgehead atoms. The summed E-state index contributed by atoms with van der Waals surface area (Å²) in [6.45, 7) is 0.454. The molecule has 0 saturated carbocycles. The van der Waals surface area contributed by atoms with Crippen molar-refractivity contribution in [2.24, 2.45) is 0 Å². The monoisotopic (exact) mass is 433 g/mol. The summed E-state index contributed by atoms with van der Waals surface area (Å²) in [6, 6.07) is 25.1. The van der Waals surface area contributed by atoms with Crippen LogP contribution in [0.5, 0.6) is 5.75 Å². The van der Waals surface area contributed by atoms with Gasteiger partial charge in [-0.25, -0.2) is 0 Å². The van der Waals surface area contributed by atoms with E-state index in [0.29, 0.717) is 17.2 Å². The molecule has 0 saturated heterocycles. The molecule has 0 aliphatic carbocycles. The minimum Gasteiger partial charge on any atom is -0.550 e. The summed E-state index contributed by atoms with van der Waals surface area (Å²) in [7, 11) is 0. The summed E-state index contributed by atoms with van der Waals surface area (Å²) in [4.78, 5) is 12.0. The molecule has 0 atom stereocenters. The number of benzene rings is 3. The van der Waals surface area contributed by atoms with Crippen LogP contribution in [0.1, 0.15) is 11.1 Å². The molecule has 1 aromatic heterocycles. The number of thiophene rings is 1. The standard InChI is InChI=1S/C25H19ClO3S/c26-20-9-10-23(29-16-17-5-2-1-3-6-17)22(15-20)21-11-12-30-25(21)19-8-4-7-18(13-19)14-24(27)28/h1-13,15H,14,16H2,(H,27,28)/p-1. The van der Waals surface area contributed by atoms with E-state index >= 15 is 0 Å². The molecule has 0 N–H and O–H groups in total. The van der Waals surface area contributed by atoms with E-state index in [9.17, 15) is 9.90 Å². The lowest BCUT2D eigenvalue weighted by Crippen LogP contribution is -2.24. The fraction of sp³-hybridized carbons (Fsp3) is 0.0800. The largest absolute Gasteiger partial charge is 0.550 e. The third-order valence-electron chi connectivity index (χ3n) is 4.67. The molecule has 0 aliphatic heterocycles. The molecule has 30 heavy (non-hydrogen) atoms. The van der Waals surface area contributed by atoms with Crippen molar-refractivity contribution in [2.75, 3.05) is 0 Å². The van der Waals surface area contributed by atoms with Gasteiger partial charge in [0.25, 0.3) is 0 Å². The minimum atomic E-state index is -1.09. The number of hydrogen-bond acceptors (Lipinski definition) is 4. The number of aliphatic carboxylic acids is 1. The van der Waals surface area contributed by atoms with Crippen LogP contribution in [0.15, 0.2) is 84.2 Å². The average molecular weight is 434 g/mol. The van der Waals surface area contributed by atoms with Gasteiger partial charge in [-0.1, -0.05) is 60.1 Å². The highest BCUT2D eigenvalue weighted by Gasteiger charge is 2.15. The highest BCUT2D eigenvalue weighted by Crippen LogP contribution is 2.42. The average Bonchev–Trinajstić information content (AvgIpc) is 3.23. The quantitative estimate of drug-likeness (QED) is 0.380. The molecule has 0 fully saturated rings. The molecule has 3 nitrogen and oxygen atoms in total. The first-order chi connectivity index (χ1) is 14.6. The molecule has 4 rings (SSSR count). The maximum Gasteiger partial charge on any atom is 0.127 e. The number of hydrogen-bond donors (Lipinski definition) is 0. The highest BCUT2D eigenvalue weighted by molar-refractivity contribution is 7.14. The second kappa shape index (κ2) is 9.16. The van der Waals surface area contributed by atoms with Gasteiger partial charge in [0.1, 0.15) is 12.4 Å². The summed E-state index contributed by atoms with van der Waals surface area (Å²) in [5.41, 5.74) is 4.64. The lowest BCUT2D eigenvalue weighted by atomic mass is 10.00. The van der Waals surface area contributed by atoms with Gasteiger partial charge in [-0.05, 0) is 52.4 Å². The SMILES string of the molecule is O=C([O-])Cc1cccc(-c2sccc2-c2cc(Cl)ccc2OCc2ccccc2)c1. The third kappa shape index (κ3) is 4.73. The first kappa shape index (κ1) is 20.2. The number of carboxylic acids is 1. The van der Waals surface area contributed by atoms with Crippen LogP contribution in [0, 0.1) is 0 Å². The Morgan fingerprint density at radius 3 is 2.50 bits per heavy atom. The van der Waals surface area contributed by atoms with Crippen LogP contribution in [-0.2, 0) is 17.8 Å². The number of carbonyl (C=O) groups is 1. The van der Waals surface area contributed by atoms with E-state index in [-0.39, 0.29) is 6.42 Å². The van der Waals surface area contributed by atoms with Crippen LogP contribution in [0.3, 0.4) is 0 Å². The van der Waals surface area contributed by atoms with E-state index in [1.54, 1.807) is 17.4 Å². The maximum atomic E-state index is 11.0. The van der Waals surface area contributed by atoms with Crippen molar-refractivity contribution < 1.29 is 14.6 Å². The van der Waals surface area contributed by atoms with Gasteiger partial charge in [-0.3, -0.25) is 0 Å². The highest BCUT2D eigenvalue weighted by atomic mass is 35.5. The van der Waals surface area contributed by atoms with E-state index in [1.807, 2.05) is 78.2 Å². The summed E-state index contributed by atoms with van der Waals surface area (Å²) >= 11 is 7.90. The van der Waals surface area contributed by atoms with E-state index < -0.39 is 5.97 Å². The fourth-order valence-corrected chi connectivity index (χ4v) is 4.39. The predicted octanol–water partition coefficient (Wildman–Crippen LogP) is 5.61. The van der Waals surface area contributed by atoms with E-state index in [1.165, 1.54) is 0 Å². The first-order valence-corrected chi connectivity index (χ1v) is 10.7. The van der Waals surface area contributed by atoms with Gasteiger partial charge < -0.3 is 14.6 Å². The number of halogens is 1. The van der Waals surface area contributed by atoms with Crippen molar-refractivity contribution in [3.05, 3.63) is 100 Å². The summed E-state index contributed by atoms with van der Waals surface area (Å²) in [6.07, 6.45) is -0.114.